The second-order valence-electron chi connectivity index (χ2n) is 7.10. The topological polar surface area (TPSA) is 64.3 Å². The van der Waals surface area contributed by atoms with E-state index in [1.54, 1.807) is 0 Å². The minimum Gasteiger partial charge on any atom is -0.399 e. The zero-order valence-electron chi connectivity index (χ0n) is 13.8. The van der Waals surface area contributed by atoms with E-state index >= 15 is 0 Å². The van der Waals surface area contributed by atoms with Gasteiger partial charge in [0.1, 0.15) is 0 Å². The number of nitrogens with one attached hydrogen (secondary N) is 1. The molecule has 2 aliphatic rings. The molecule has 124 valence electrons. The van der Waals surface area contributed by atoms with Crippen LogP contribution in [0.25, 0.3) is 11.1 Å². The van der Waals surface area contributed by atoms with Crippen molar-refractivity contribution in [3.63, 3.8) is 0 Å². The third-order valence-electron chi connectivity index (χ3n) is 5.61. The standard InChI is InChI=1S/C20H22N2O2/c1-20-10-11-24-12-17(20)18(20)19(23)22-16-8-4-14(5-9-16)13-2-6-15(21)7-3-13/h2-9,17-18H,10-12,21H2,1H3,(H,22,23). The molecule has 0 aromatic heterocycles. The molecule has 4 rings (SSSR count). The minimum absolute atomic E-state index is 0.0803. The number of hydrogen-bond acceptors (Lipinski definition) is 3. The first-order valence-electron chi connectivity index (χ1n) is 8.42. The molecule has 3 unspecified atom stereocenters. The summed E-state index contributed by atoms with van der Waals surface area (Å²) in [6, 6.07) is 15.7. The molecule has 2 aromatic rings. The number of nitrogen functional groups attached to an aromatic ring is 1. The van der Waals surface area contributed by atoms with Crippen molar-refractivity contribution in [3.8, 4) is 11.1 Å². The lowest BCUT2D eigenvalue weighted by atomic mass is 9.99. The molecule has 1 saturated heterocycles. The molecule has 2 aromatic carbocycles. The Balaban J connectivity index is 1.44. The lowest BCUT2D eigenvalue weighted by Crippen LogP contribution is -2.18. The van der Waals surface area contributed by atoms with Gasteiger partial charge in [0.2, 0.25) is 5.91 Å². The van der Waals surface area contributed by atoms with Gasteiger partial charge in [0.05, 0.1) is 6.61 Å². The summed E-state index contributed by atoms with van der Waals surface area (Å²) in [6.45, 7) is 3.69. The number of carbonyl (C=O) groups excluding carboxylic acids is 1. The van der Waals surface area contributed by atoms with Gasteiger partial charge in [-0.25, -0.2) is 0 Å². The molecule has 1 saturated carbocycles. The first-order chi connectivity index (χ1) is 11.6. The van der Waals surface area contributed by atoms with Crippen molar-refractivity contribution in [2.24, 2.45) is 17.3 Å². The van der Waals surface area contributed by atoms with Crippen molar-refractivity contribution in [1.82, 2.24) is 0 Å². The quantitative estimate of drug-likeness (QED) is 0.850. The van der Waals surface area contributed by atoms with E-state index in [0.717, 1.165) is 35.5 Å². The molecule has 0 bridgehead atoms. The summed E-state index contributed by atoms with van der Waals surface area (Å²) in [5.74, 6) is 0.574. The first kappa shape index (κ1) is 15.2. The van der Waals surface area contributed by atoms with E-state index in [-0.39, 0.29) is 17.2 Å². The van der Waals surface area contributed by atoms with Crippen LogP contribution in [0.2, 0.25) is 0 Å². The summed E-state index contributed by atoms with van der Waals surface area (Å²) in [4.78, 5) is 12.6. The zero-order chi connectivity index (χ0) is 16.7. The molecule has 1 amide bonds. The van der Waals surface area contributed by atoms with Crippen molar-refractivity contribution >= 4 is 17.3 Å². The summed E-state index contributed by atoms with van der Waals surface area (Å²) in [5, 5.41) is 3.06. The number of fused-ring (bicyclic) bond motifs is 1. The first-order valence-corrected chi connectivity index (χ1v) is 8.42. The Labute approximate surface area is 142 Å². The number of anilines is 2. The van der Waals surface area contributed by atoms with Gasteiger partial charge in [-0.05, 0) is 47.2 Å². The molecule has 1 heterocycles. The molecule has 3 atom stereocenters. The van der Waals surface area contributed by atoms with Crippen molar-refractivity contribution in [2.45, 2.75) is 13.3 Å². The number of carbonyl (C=O) groups is 1. The van der Waals surface area contributed by atoms with Gasteiger partial charge in [-0.1, -0.05) is 31.2 Å². The smallest absolute Gasteiger partial charge is 0.228 e. The Kier molecular flexibility index (Phi) is 3.57. The van der Waals surface area contributed by atoms with E-state index in [1.807, 2.05) is 48.5 Å². The average molecular weight is 322 g/mol. The highest BCUT2D eigenvalue weighted by atomic mass is 16.5. The molecular formula is C20H22N2O2. The highest BCUT2D eigenvalue weighted by Crippen LogP contribution is 2.62. The average Bonchev–Trinajstić information content (AvgIpc) is 3.22. The maximum Gasteiger partial charge on any atom is 0.228 e. The van der Waals surface area contributed by atoms with Gasteiger partial charge >= 0.3 is 0 Å². The highest BCUT2D eigenvalue weighted by Gasteiger charge is 2.65. The molecule has 1 aliphatic heterocycles. The second-order valence-corrected chi connectivity index (χ2v) is 7.10. The predicted octanol–water partition coefficient (Wildman–Crippen LogP) is 3.55. The van der Waals surface area contributed by atoms with Gasteiger partial charge in [0.15, 0.2) is 0 Å². The number of benzene rings is 2. The van der Waals surface area contributed by atoms with Crippen LogP contribution in [-0.4, -0.2) is 19.1 Å². The van der Waals surface area contributed by atoms with Crippen LogP contribution < -0.4 is 11.1 Å². The summed E-state index contributed by atoms with van der Waals surface area (Å²) >= 11 is 0. The largest absolute Gasteiger partial charge is 0.399 e. The lowest BCUT2D eigenvalue weighted by molar-refractivity contribution is -0.118. The van der Waals surface area contributed by atoms with Crippen molar-refractivity contribution in [1.29, 1.82) is 0 Å². The van der Waals surface area contributed by atoms with Crippen LogP contribution in [0.4, 0.5) is 11.4 Å². The zero-order valence-corrected chi connectivity index (χ0v) is 13.8. The number of nitrogens with two attached hydrogens (primary N) is 1. The molecular weight excluding hydrogens is 300 g/mol. The van der Waals surface area contributed by atoms with E-state index < -0.39 is 0 Å². The number of hydrogen-bond donors (Lipinski definition) is 2. The van der Waals surface area contributed by atoms with Crippen LogP contribution in [-0.2, 0) is 9.53 Å². The molecule has 0 radical (unpaired) electrons. The Bertz CT molecular complexity index is 754. The fourth-order valence-electron chi connectivity index (χ4n) is 3.91. The van der Waals surface area contributed by atoms with Gasteiger partial charge in [0, 0.05) is 29.8 Å². The Morgan fingerprint density at radius 3 is 2.33 bits per heavy atom. The second kappa shape index (κ2) is 5.64. The summed E-state index contributed by atoms with van der Waals surface area (Å²) in [5.41, 5.74) is 9.66. The molecule has 3 N–H and O–H groups in total. The molecule has 4 nitrogen and oxygen atoms in total. The fraction of sp³-hybridized carbons (Fsp3) is 0.350. The Morgan fingerprint density at radius 2 is 1.75 bits per heavy atom. The van der Waals surface area contributed by atoms with Crippen LogP contribution in [0.1, 0.15) is 13.3 Å². The SMILES string of the molecule is CC12CCOCC1C2C(=O)Nc1ccc(-c2ccc(N)cc2)cc1. The van der Waals surface area contributed by atoms with E-state index in [1.165, 1.54) is 0 Å². The maximum absolute atomic E-state index is 12.6. The van der Waals surface area contributed by atoms with E-state index in [0.29, 0.717) is 12.5 Å². The van der Waals surface area contributed by atoms with Gasteiger partial charge in [0.25, 0.3) is 0 Å². The molecule has 4 heteroatoms. The molecule has 2 fully saturated rings. The van der Waals surface area contributed by atoms with Crippen LogP contribution >= 0.6 is 0 Å². The lowest BCUT2D eigenvalue weighted by Gasteiger charge is -2.16. The van der Waals surface area contributed by atoms with Gasteiger partial charge < -0.3 is 15.8 Å². The van der Waals surface area contributed by atoms with Crippen molar-refractivity contribution < 1.29 is 9.53 Å². The summed E-state index contributed by atoms with van der Waals surface area (Å²) in [6.07, 6.45) is 0.978. The maximum atomic E-state index is 12.6. The number of rotatable bonds is 3. The van der Waals surface area contributed by atoms with Gasteiger partial charge in [-0.15, -0.1) is 0 Å². The predicted molar refractivity (Wildman–Crippen MR) is 95.4 cm³/mol. The monoisotopic (exact) mass is 322 g/mol. The number of amides is 1. The third kappa shape index (κ3) is 2.57. The van der Waals surface area contributed by atoms with E-state index in [2.05, 4.69) is 12.2 Å². The van der Waals surface area contributed by atoms with Crippen molar-refractivity contribution in [3.05, 3.63) is 48.5 Å². The molecule has 24 heavy (non-hydrogen) atoms. The third-order valence-corrected chi connectivity index (χ3v) is 5.61. The summed E-state index contributed by atoms with van der Waals surface area (Å²) in [7, 11) is 0. The Morgan fingerprint density at radius 1 is 1.12 bits per heavy atom. The Hall–Kier alpha value is -2.33. The van der Waals surface area contributed by atoms with Crippen LogP contribution in [0.5, 0.6) is 0 Å². The van der Waals surface area contributed by atoms with Crippen LogP contribution in [0.3, 0.4) is 0 Å². The van der Waals surface area contributed by atoms with E-state index in [4.69, 9.17) is 10.5 Å². The molecule has 1 aliphatic carbocycles. The van der Waals surface area contributed by atoms with Crippen LogP contribution in [0.15, 0.2) is 48.5 Å². The molecule has 0 spiro atoms. The van der Waals surface area contributed by atoms with Crippen molar-refractivity contribution in [2.75, 3.05) is 24.3 Å². The van der Waals surface area contributed by atoms with Gasteiger partial charge in [-0.2, -0.15) is 0 Å². The van der Waals surface area contributed by atoms with E-state index in [9.17, 15) is 4.79 Å². The number of ether oxygens (including phenoxy) is 1. The van der Waals surface area contributed by atoms with Gasteiger partial charge in [-0.3, -0.25) is 4.79 Å². The fourth-order valence-corrected chi connectivity index (χ4v) is 3.91. The minimum atomic E-state index is 0.0803. The van der Waals surface area contributed by atoms with Crippen LogP contribution in [0, 0.1) is 17.3 Å². The highest BCUT2D eigenvalue weighted by molar-refractivity contribution is 5.95. The normalized spacial score (nSPS) is 28.0. The summed E-state index contributed by atoms with van der Waals surface area (Å²) < 4.78 is 5.50.